The minimum atomic E-state index is -1.24. The third-order valence-electron chi connectivity index (χ3n) is 15.1. The first-order valence-electron chi connectivity index (χ1n) is 22.5. The molecule has 0 saturated heterocycles. The van der Waals surface area contributed by atoms with Crippen molar-refractivity contribution in [1.82, 2.24) is 4.90 Å². The number of allylic oxidation sites excluding steroid dienone is 2. The molecule has 308 valence electrons. The lowest BCUT2D eigenvalue weighted by Gasteiger charge is -2.46. The smallest absolute Gasteiger partial charge is 0.410 e. The number of carbonyl (C=O) groups is 2. The van der Waals surface area contributed by atoms with Gasteiger partial charge in [-0.15, -0.1) is 0 Å². The number of Topliss-reactive ketones (excluding diaryl/α,β-unsaturated/α-hetero) is 1. The lowest BCUT2D eigenvalue weighted by atomic mass is 9.64. The van der Waals surface area contributed by atoms with Crippen molar-refractivity contribution in [2.45, 2.75) is 161 Å². The Morgan fingerprint density at radius 3 is 2.49 bits per heavy atom. The lowest BCUT2D eigenvalue weighted by molar-refractivity contribution is -0.0876. The maximum Gasteiger partial charge on any atom is 0.410 e. The second-order valence-corrected chi connectivity index (χ2v) is 19.4. The number of hydrogen-bond acceptors (Lipinski definition) is 5. The van der Waals surface area contributed by atoms with Crippen LogP contribution in [0.2, 0.25) is 0 Å². The molecule has 3 aromatic carbocycles. The third kappa shape index (κ3) is 9.08. The van der Waals surface area contributed by atoms with E-state index in [-0.39, 0.29) is 36.4 Å². The number of ether oxygens (including phenoxy) is 1. The van der Waals surface area contributed by atoms with Gasteiger partial charge in [-0.3, -0.25) is 4.79 Å². The van der Waals surface area contributed by atoms with Gasteiger partial charge in [0.2, 0.25) is 0 Å². The Morgan fingerprint density at radius 2 is 1.70 bits per heavy atom. The molecule has 3 saturated carbocycles. The van der Waals surface area contributed by atoms with Gasteiger partial charge in [0.15, 0.2) is 5.78 Å². The van der Waals surface area contributed by atoms with E-state index in [0.717, 1.165) is 97.2 Å². The summed E-state index contributed by atoms with van der Waals surface area (Å²) < 4.78 is 6.60. The molecule has 0 aromatic heterocycles. The van der Waals surface area contributed by atoms with Crippen LogP contribution in [0, 0.1) is 29.1 Å². The van der Waals surface area contributed by atoms with Crippen LogP contribution in [0.4, 0.5) is 4.79 Å². The number of rotatable bonds is 8. The van der Waals surface area contributed by atoms with Crippen LogP contribution in [0.25, 0.3) is 10.8 Å². The van der Waals surface area contributed by atoms with E-state index in [1.54, 1.807) is 0 Å². The summed E-state index contributed by atoms with van der Waals surface area (Å²) >= 11 is 0. The van der Waals surface area contributed by atoms with Gasteiger partial charge in [-0.1, -0.05) is 120 Å². The Kier molecular flexibility index (Phi) is 13.0. The van der Waals surface area contributed by atoms with Crippen LogP contribution in [0.1, 0.15) is 157 Å². The Morgan fingerprint density at radius 1 is 0.930 bits per heavy atom. The first kappa shape index (κ1) is 41.7. The molecule has 7 atom stereocenters. The second kappa shape index (κ2) is 17.8. The van der Waals surface area contributed by atoms with Gasteiger partial charge >= 0.3 is 6.09 Å². The predicted molar refractivity (Wildman–Crippen MR) is 230 cm³/mol. The fourth-order valence-electron chi connectivity index (χ4n) is 11.4. The molecule has 8 rings (SSSR count). The zero-order chi connectivity index (χ0) is 40.3. The van der Waals surface area contributed by atoms with Crippen molar-refractivity contribution in [3.63, 3.8) is 0 Å². The van der Waals surface area contributed by atoms with Crippen molar-refractivity contribution < 1.29 is 24.5 Å². The fraction of sp³-hybridized carbons (Fsp3) is 0.608. The van der Waals surface area contributed by atoms with E-state index in [0.29, 0.717) is 50.0 Å². The van der Waals surface area contributed by atoms with Crippen molar-refractivity contribution in [3.05, 3.63) is 94.6 Å². The van der Waals surface area contributed by atoms with Crippen molar-refractivity contribution in [2.24, 2.45) is 29.1 Å². The molecule has 0 heterocycles. The predicted octanol–water partition coefficient (Wildman–Crippen LogP) is 11.7. The monoisotopic (exact) mass is 776 g/mol. The number of aliphatic hydroxyl groups is 2. The highest BCUT2D eigenvalue weighted by atomic mass is 16.6. The molecule has 3 aromatic rings. The van der Waals surface area contributed by atoms with E-state index in [9.17, 15) is 19.8 Å². The van der Waals surface area contributed by atoms with Crippen molar-refractivity contribution in [1.29, 1.82) is 0 Å². The number of nitrogens with zero attached hydrogens (tertiary/aromatic N) is 1. The first-order chi connectivity index (χ1) is 27.3. The molecule has 0 unspecified atom stereocenters. The maximum atomic E-state index is 14.8. The number of ketones is 1. The zero-order valence-corrected chi connectivity index (χ0v) is 35.5. The van der Waals surface area contributed by atoms with Crippen LogP contribution in [-0.2, 0) is 17.7 Å². The SMILES string of the molecule is CC1=CCC[C@@]2(C)[C@@H](CC[C@@]2(O)CN(Cc2cccc3ccccc23)C(=O)O[C@H]2C[C@@H](C)CC[C@@H]2C(C)C)c2ccc(cc2C(=O)C2CCCCC2)C[C@@H](O)CC1. The highest BCUT2D eigenvalue weighted by Crippen LogP contribution is 2.59. The van der Waals surface area contributed by atoms with Crippen molar-refractivity contribution in [3.8, 4) is 0 Å². The molecule has 2 bridgehead atoms. The fourth-order valence-corrected chi connectivity index (χ4v) is 11.4. The van der Waals surface area contributed by atoms with Gasteiger partial charge in [-0.2, -0.15) is 0 Å². The summed E-state index contributed by atoms with van der Waals surface area (Å²) in [6.45, 7) is 11.6. The number of hydrogen-bond donors (Lipinski definition) is 2. The van der Waals surface area contributed by atoms with Gasteiger partial charge in [-0.05, 0) is 135 Å². The highest BCUT2D eigenvalue weighted by Gasteiger charge is 2.58. The number of benzene rings is 3. The van der Waals surface area contributed by atoms with E-state index in [1.165, 1.54) is 12.0 Å². The Bertz CT molecular complexity index is 1900. The standard InChI is InChI=1S/C51H69NO5/c1-34(2)42-24-21-36(4)29-47(42)57-49(55)52(32-40-18-11-17-38-14-9-10-19-43(38)40)33-51(56)28-26-46-44-25-22-37(31-45(44)48(54)39-15-7-6-8-16-39)30-41(53)23-20-35(3)13-12-27-50(46,51)5/h9-11,13-14,17-19,22,25,31,34,36,39,41-42,46-47,53,56H,6-8,12,15-16,20-21,23-24,26-30,32-33H2,1-5H3/t36-,41-,42+,46-,47-,50-,51+/m0/s1. The van der Waals surface area contributed by atoms with E-state index < -0.39 is 17.1 Å². The number of carbonyl (C=O) groups excluding carboxylic acids is 2. The lowest BCUT2D eigenvalue weighted by Crippen LogP contribution is -2.54. The second-order valence-electron chi connectivity index (χ2n) is 19.4. The minimum absolute atomic E-state index is 0.0109. The summed E-state index contributed by atoms with van der Waals surface area (Å²) in [4.78, 5) is 31.2. The van der Waals surface area contributed by atoms with Gasteiger partial charge in [0.05, 0.1) is 18.2 Å². The Labute approximate surface area is 342 Å². The summed E-state index contributed by atoms with van der Waals surface area (Å²) in [5.74, 6) is 1.35. The average molecular weight is 776 g/mol. The molecule has 57 heavy (non-hydrogen) atoms. The zero-order valence-electron chi connectivity index (χ0n) is 35.5. The molecule has 6 heteroatoms. The molecule has 5 aliphatic rings. The van der Waals surface area contributed by atoms with Crippen LogP contribution in [0.15, 0.2) is 72.3 Å². The summed E-state index contributed by atoms with van der Waals surface area (Å²) in [7, 11) is 0. The molecule has 0 spiro atoms. The molecule has 3 fully saturated rings. The third-order valence-corrected chi connectivity index (χ3v) is 15.1. The number of aliphatic hydroxyl groups excluding tert-OH is 1. The molecule has 6 nitrogen and oxygen atoms in total. The van der Waals surface area contributed by atoms with Crippen molar-refractivity contribution in [2.75, 3.05) is 6.54 Å². The van der Waals surface area contributed by atoms with Crippen LogP contribution in [-0.4, -0.2) is 51.3 Å². The Hall–Kier alpha value is -3.48. The average Bonchev–Trinajstić information content (AvgIpc) is 3.45. The van der Waals surface area contributed by atoms with E-state index >= 15 is 0 Å². The largest absolute Gasteiger partial charge is 0.446 e. The van der Waals surface area contributed by atoms with Crippen LogP contribution >= 0.6 is 0 Å². The summed E-state index contributed by atoms with van der Waals surface area (Å²) in [5, 5.41) is 26.7. The van der Waals surface area contributed by atoms with Gasteiger partial charge < -0.3 is 19.8 Å². The van der Waals surface area contributed by atoms with Gasteiger partial charge in [0.25, 0.3) is 0 Å². The minimum Gasteiger partial charge on any atom is -0.446 e. The molecule has 5 aliphatic carbocycles. The molecule has 2 N–H and O–H groups in total. The Balaban J connectivity index is 1.28. The first-order valence-corrected chi connectivity index (χ1v) is 22.5. The topological polar surface area (TPSA) is 87.1 Å². The quantitative estimate of drug-likeness (QED) is 0.176. The maximum absolute atomic E-state index is 14.8. The molecular weight excluding hydrogens is 707 g/mol. The number of fused-ring (bicyclic) bond motifs is 9. The number of amides is 1. The van der Waals surface area contributed by atoms with Crippen molar-refractivity contribution >= 4 is 22.6 Å². The van der Waals surface area contributed by atoms with Gasteiger partial charge in [-0.25, -0.2) is 4.79 Å². The van der Waals surface area contributed by atoms with Crippen LogP contribution < -0.4 is 0 Å². The van der Waals surface area contributed by atoms with E-state index in [4.69, 9.17) is 4.74 Å². The van der Waals surface area contributed by atoms with Crippen LogP contribution in [0.3, 0.4) is 0 Å². The molecule has 0 aliphatic heterocycles. The summed E-state index contributed by atoms with van der Waals surface area (Å²) in [6, 6.07) is 20.9. The molecular formula is C51H69NO5. The van der Waals surface area contributed by atoms with E-state index in [1.807, 2.05) is 17.0 Å². The van der Waals surface area contributed by atoms with Crippen LogP contribution in [0.5, 0.6) is 0 Å². The van der Waals surface area contributed by atoms with Gasteiger partial charge in [0.1, 0.15) is 6.10 Å². The highest BCUT2D eigenvalue weighted by molar-refractivity contribution is 5.99. The normalized spacial score (nSPS) is 30.1. The summed E-state index contributed by atoms with van der Waals surface area (Å²) in [5.41, 5.74) is 3.21. The van der Waals surface area contributed by atoms with Gasteiger partial charge in [0, 0.05) is 23.4 Å². The molecule has 1 amide bonds. The van der Waals surface area contributed by atoms with E-state index in [2.05, 4.69) is 89.2 Å². The summed E-state index contributed by atoms with van der Waals surface area (Å²) in [6.07, 6.45) is 14.3. The molecule has 0 radical (unpaired) electrons.